The number of aliphatic imine (C=N–C) groups is 2. The van der Waals surface area contributed by atoms with Crippen molar-refractivity contribution in [2.24, 2.45) is 9.98 Å². The molecular weight excluding hydrogens is 332 g/mol. The molecule has 0 saturated heterocycles. The highest BCUT2D eigenvalue weighted by Gasteiger charge is 2.11. The van der Waals surface area contributed by atoms with Crippen LogP contribution < -0.4 is 0 Å². The summed E-state index contributed by atoms with van der Waals surface area (Å²) in [5, 5.41) is 39.0. The number of aromatic hydroxyl groups is 4. The SMILES string of the molecule is CCC(CN=C(C)c1cc(O)ccc1O)N=C(C)c1cc(O)ccc1O. The van der Waals surface area contributed by atoms with Gasteiger partial charge < -0.3 is 20.4 Å². The molecule has 1 unspecified atom stereocenters. The maximum atomic E-state index is 9.94. The molecule has 138 valence electrons. The van der Waals surface area contributed by atoms with Gasteiger partial charge in [0.1, 0.15) is 23.0 Å². The van der Waals surface area contributed by atoms with E-state index in [9.17, 15) is 20.4 Å². The molecule has 0 aliphatic heterocycles. The van der Waals surface area contributed by atoms with E-state index in [1.807, 2.05) is 6.92 Å². The van der Waals surface area contributed by atoms with Crippen molar-refractivity contribution >= 4 is 11.4 Å². The lowest BCUT2D eigenvalue weighted by atomic mass is 10.1. The standard InChI is InChI=1S/C20H24N2O4/c1-4-14(22-13(3)18-10-16(24)6-8-20(18)26)11-21-12(2)17-9-15(23)5-7-19(17)25/h5-10,14,23-26H,4,11H2,1-3H3. The fourth-order valence-electron chi connectivity index (χ4n) is 2.56. The van der Waals surface area contributed by atoms with Crippen molar-refractivity contribution in [3.63, 3.8) is 0 Å². The van der Waals surface area contributed by atoms with Gasteiger partial charge in [-0.1, -0.05) is 6.92 Å². The van der Waals surface area contributed by atoms with E-state index in [-0.39, 0.29) is 29.0 Å². The van der Waals surface area contributed by atoms with Crippen LogP contribution in [0, 0.1) is 0 Å². The maximum Gasteiger partial charge on any atom is 0.124 e. The first-order valence-corrected chi connectivity index (χ1v) is 8.42. The third-order valence-electron chi connectivity index (χ3n) is 4.13. The molecule has 6 nitrogen and oxygen atoms in total. The van der Waals surface area contributed by atoms with Crippen LogP contribution in [0.4, 0.5) is 0 Å². The molecule has 2 rings (SSSR count). The van der Waals surface area contributed by atoms with E-state index in [2.05, 4.69) is 9.98 Å². The van der Waals surface area contributed by atoms with Crippen LogP contribution in [0.2, 0.25) is 0 Å². The summed E-state index contributed by atoms with van der Waals surface area (Å²) in [7, 11) is 0. The Kier molecular flexibility index (Phi) is 6.22. The second-order valence-electron chi connectivity index (χ2n) is 6.11. The molecule has 0 aromatic heterocycles. The summed E-state index contributed by atoms with van der Waals surface area (Å²) in [5.41, 5.74) is 2.17. The summed E-state index contributed by atoms with van der Waals surface area (Å²) in [4.78, 5) is 9.08. The molecule has 0 spiro atoms. The van der Waals surface area contributed by atoms with E-state index in [4.69, 9.17) is 0 Å². The first kappa shape index (κ1) is 19.3. The largest absolute Gasteiger partial charge is 0.508 e. The zero-order chi connectivity index (χ0) is 19.3. The van der Waals surface area contributed by atoms with Crippen LogP contribution in [0.15, 0.2) is 46.4 Å². The molecule has 0 fully saturated rings. The zero-order valence-electron chi connectivity index (χ0n) is 15.1. The molecular formula is C20H24N2O4. The quantitative estimate of drug-likeness (QED) is 0.469. The van der Waals surface area contributed by atoms with Crippen molar-refractivity contribution < 1.29 is 20.4 Å². The lowest BCUT2D eigenvalue weighted by Crippen LogP contribution is -2.12. The van der Waals surface area contributed by atoms with Crippen LogP contribution in [0.5, 0.6) is 23.0 Å². The average molecular weight is 356 g/mol. The van der Waals surface area contributed by atoms with Crippen LogP contribution in [-0.2, 0) is 0 Å². The third-order valence-corrected chi connectivity index (χ3v) is 4.13. The maximum absolute atomic E-state index is 9.94. The van der Waals surface area contributed by atoms with Crippen molar-refractivity contribution in [3.05, 3.63) is 47.5 Å². The Morgan fingerprint density at radius 2 is 1.35 bits per heavy atom. The first-order valence-electron chi connectivity index (χ1n) is 8.42. The Morgan fingerprint density at radius 3 is 1.85 bits per heavy atom. The molecule has 0 bridgehead atoms. The number of hydrogen-bond acceptors (Lipinski definition) is 6. The van der Waals surface area contributed by atoms with Crippen LogP contribution in [0.3, 0.4) is 0 Å². The highest BCUT2D eigenvalue weighted by Crippen LogP contribution is 2.24. The van der Waals surface area contributed by atoms with Crippen LogP contribution in [0.25, 0.3) is 0 Å². The smallest absolute Gasteiger partial charge is 0.124 e. The molecule has 2 aromatic rings. The number of benzene rings is 2. The van der Waals surface area contributed by atoms with Gasteiger partial charge in [0.25, 0.3) is 0 Å². The Labute approximate surface area is 152 Å². The van der Waals surface area contributed by atoms with Crippen molar-refractivity contribution in [1.29, 1.82) is 0 Å². The number of rotatable bonds is 6. The van der Waals surface area contributed by atoms with Gasteiger partial charge in [-0.05, 0) is 56.7 Å². The van der Waals surface area contributed by atoms with E-state index >= 15 is 0 Å². The summed E-state index contributed by atoms with van der Waals surface area (Å²) < 4.78 is 0. The van der Waals surface area contributed by atoms with Gasteiger partial charge in [-0.3, -0.25) is 9.98 Å². The number of hydrogen-bond donors (Lipinski definition) is 4. The summed E-state index contributed by atoms with van der Waals surface area (Å²) in [6.45, 7) is 5.92. The van der Waals surface area contributed by atoms with Gasteiger partial charge in [-0.25, -0.2) is 0 Å². The van der Waals surface area contributed by atoms with Gasteiger partial charge in [-0.2, -0.15) is 0 Å². The molecule has 0 aliphatic rings. The minimum absolute atomic E-state index is 0.0569. The van der Waals surface area contributed by atoms with E-state index < -0.39 is 0 Å². The molecule has 1 atom stereocenters. The minimum atomic E-state index is -0.119. The molecule has 6 heteroatoms. The van der Waals surface area contributed by atoms with Gasteiger partial charge in [0.2, 0.25) is 0 Å². The molecule has 4 N–H and O–H groups in total. The van der Waals surface area contributed by atoms with E-state index in [0.29, 0.717) is 29.1 Å². The topological polar surface area (TPSA) is 106 Å². The predicted octanol–water partition coefficient (Wildman–Crippen LogP) is 3.61. The van der Waals surface area contributed by atoms with E-state index in [1.54, 1.807) is 13.8 Å². The molecule has 0 radical (unpaired) electrons. The summed E-state index contributed by atoms with van der Waals surface area (Å²) in [6, 6.07) is 8.50. The fourth-order valence-corrected chi connectivity index (χ4v) is 2.56. The molecule has 0 saturated carbocycles. The van der Waals surface area contributed by atoms with Gasteiger partial charge in [-0.15, -0.1) is 0 Å². The predicted molar refractivity (Wildman–Crippen MR) is 103 cm³/mol. The van der Waals surface area contributed by atoms with Crippen molar-refractivity contribution in [2.75, 3.05) is 6.54 Å². The second-order valence-corrected chi connectivity index (χ2v) is 6.11. The molecule has 0 aliphatic carbocycles. The van der Waals surface area contributed by atoms with Crippen LogP contribution in [0.1, 0.15) is 38.3 Å². The number of phenols is 4. The highest BCUT2D eigenvalue weighted by atomic mass is 16.3. The highest BCUT2D eigenvalue weighted by molar-refractivity contribution is 6.02. The average Bonchev–Trinajstić information content (AvgIpc) is 2.62. The van der Waals surface area contributed by atoms with E-state index in [0.717, 1.165) is 6.42 Å². The first-order chi connectivity index (χ1) is 12.3. The van der Waals surface area contributed by atoms with Gasteiger partial charge in [0, 0.05) is 22.6 Å². The number of nitrogens with zero attached hydrogens (tertiary/aromatic N) is 2. The Balaban J connectivity index is 2.20. The van der Waals surface area contributed by atoms with Crippen LogP contribution >= 0.6 is 0 Å². The van der Waals surface area contributed by atoms with Crippen molar-refractivity contribution in [2.45, 2.75) is 33.2 Å². The molecule has 0 heterocycles. The lowest BCUT2D eigenvalue weighted by molar-refractivity contribution is 0.459. The Morgan fingerprint density at radius 1 is 0.846 bits per heavy atom. The zero-order valence-corrected chi connectivity index (χ0v) is 15.1. The van der Waals surface area contributed by atoms with Crippen molar-refractivity contribution in [3.8, 4) is 23.0 Å². The lowest BCUT2D eigenvalue weighted by Gasteiger charge is -2.12. The molecule has 0 amide bonds. The normalized spacial score (nSPS) is 13.7. The summed E-state index contributed by atoms with van der Waals surface area (Å²) in [5.74, 6) is 0.242. The summed E-state index contributed by atoms with van der Waals surface area (Å²) >= 11 is 0. The third kappa shape index (κ3) is 4.75. The van der Waals surface area contributed by atoms with Gasteiger partial charge in [0.05, 0.1) is 12.6 Å². The minimum Gasteiger partial charge on any atom is -0.508 e. The number of phenolic OH excluding ortho intramolecular Hbond substituents is 4. The summed E-state index contributed by atoms with van der Waals surface area (Å²) in [6.07, 6.45) is 0.736. The van der Waals surface area contributed by atoms with Gasteiger partial charge in [0.15, 0.2) is 0 Å². The Hall–Kier alpha value is -3.02. The van der Waals surface area contributed by atoms with Gasteiger partial charge >= 0.3 is 0 Å². The Bertz CT molecular complexity index is 844. The van der Waals surface area contributed by atoms with Crippen LogP contribution in [-0.4, -0.2) is 44.4 Å². The van der Waals surface area contributed by atoms with E-state index in [1.165, 1.54) is 36.4 Å². The monoisotopic (exact) mass is 356 g/mol. The fraction of sp³-hybridized carbons (Fsp3) is 0.300. The molecule has 2 aromatic carbocycles. The second kappa shape index (κ2) is 8.38. The molecule has 26 heavy (non-hydrogen) atoms. The van der Waals surface area contributed by atoms with Crippen molar-refractivity contribution in [1.82, 2.24) is 0 Å².